The number of aliphatic carboxylic acids is 1. The molecule has 0 aromatic heterocycles. The zero-order chi connectivity index (χ0) is 14.8. The Morgan fingerprint density at radius 2 is 1.90 bits per heavy atom. The Hall–Kier alpha value is -1.78. The molecule has 0 saturated heterocycles. The van der Waals surface area contributed by atoms with Crippen LogP contribution in [0.1, 0.15) is 12.0 Å². The maximum Gasteiger partial charge on any atom is 0.317 e. The molecule has 21 heavy (non-hydrogen) atoms. The Morgan fingerprint density at radius 1 is 1.19 bits per heavy atom. The minimum Gasteiger partial charge on any atom is -0.480 e. The summed E-state index contributed by atoms with van der Waals surface area (Å²) >= 11 is 7.25. The van der Waals surface area contributed by atoms with Crippen molar-refractivity contribution in [3.05, 3.63) is 59.1 Å². The van der Waals surface area contributed by atoms with E-state index in [1.54, 1.807) is 12.1 Å². The van der Waals surface area contributed by atoms with E-state index in [9.17, 15) is 9.90 Å². The van der Waals surface area contributed by atoms with Gasteiger partial charge in [-0.3, -0.25) is 9.79 Å². The summed E-state index contributed by atoms with van der Waals surface area (Å²) in [5.74, 6) is -0.821. The van der Waals surface area contributed by atoms with E-state index in [4.69, 9.17) is 11.6 Å². The number of rotatable bonds is 2. The second-order valence-electron chi connectivity index (χ2n) is 4.68. The van der Waals surface area contributed by atoms with Gasteiger partial charge in [0.05, 0.1) is 11.4 Å². The second kappa shape index (κ2) is 5.92. The van der Waals surface area contributed by atoms with Gasteiger partial charge in [0.25, 0.3) is 0 Å². The number of hydrogen-bond acceptors (Lipinski definition) is 3. The molecular weight excluding hydrogens is 306 g/mol. The maximum absolute atomic E-state index is 11.5. The van der Waals surface area contributed by atoms with Crippen molar-refractivity contribution in [3.63, 3.8) is 0 Å². The van der Waals surface area contributed by atoms with E-state index in [2.05, 4.69) is 4.99 Å². The van der Waals surface area contributed by atoms with E-state index in [1.807, 2.05) is 36.4 Å². The second-order valence-corrected chi connectivity index (χ2v) is 6.36. The molecule has 0 aliphatic carbocycles. The number of nitrogens with zero attached hydrogens (tertiary/aromatic N) is 1. The molecule has 3 rings (SSSR count). The van der Waals surface area contributed by atoms with Crippen LogP contribution in [0, 0.1) is 0 Å². The van der Waals surface area contributed by atoms with Crippen molar-refractivity contribution in [2.24, 2.45) is 4.99 Å². The van der Waals surface area contributed by atoms with Gasteiger partial charge < -0.3 is 5.11 Å². The lowest BCUT2D eigenvalue weighted by atomic mass is 10.1. The summed E-state index contributed by atoms with van der Waals surface area (Å²) in [6.45, 7) is 0. The number of carboxylic acid groups (broad SMARTS) is 1. The fraction of sp³-hybridized carbons (Fsp3) is 0.125. The first kappa shape index (κ1) is 14.2. The fourth-order valence-electron chi connectivity index (χ4n) is 2.17. The van der Waals surface area contributed by atoms with Crippen LogP contribution < -0.4 is 0 Å². The molecule has 106 valence electrons. The molecule has 1 heterocycles. The van der Waals surface area contributed by atoms with Gasteiger partial charge in [-0.05, 0) is 29.8 Å². The highest BCUT2D eigenvalue weighted by atomic mass is 35.5. The van der Waals surface area contributed by atoms with Gasteiger partial charge in [-0.2, -0.15) is 0 Å². The Balaban J connectivity index is 2.07. The van der Waals surface area contributed by atoms with Gasteiger partial charge >= 0.3 is 5.97 Å². The third-order valence-electron chi connectivity index (χ3n) is 3.22. The standard InChI is InChI=1S/C16H12ClNO2S/c17-11-7-5-10(6-8-11)13-9-15(16(19)20)21-14-4-2-1-3-12(14)18-13/h1-8,15H,9H2,(H,19,20)/t15-/m1/s1. The number of carbonyl (C=O) groups is 1. The molecule has 2 aromatic carbocycles. The lowest BCUT2D eigenvalue weighted by Crippen LogP contribution is -2.20. The van der Waals surface area contributed by atoms with E-state index in [0.717, 1.165) is 21.9 Å². The van der Waals surface area contributed by atoms with Crippen LogP contribution in [0.4, 0.5) is 5.69 Å². The van der Waals surface area contributed by atoms with Gasteiger partial charge in [0, 0.05) is 16.3 Å². The normalized spacial score (nSPS) is 17.6. The van der Waals surface area contributed by atoms with Crippen molar-refractivity contribution < 1.29 is 9.90 Å². The highest BCUT2D eigenvalue weighted by molar-refractivity contribution is 8.00. The topological polar surface area (TPSA) is 49.7 Å². The molecule has 1 aliphatic rings. The Labute approximate surface area is 131 Å². The van der Waals surface area contributed by atoms with Crippen molar-refractivity contribution in [2.75, 3.05) is 0 Å². The number of carboxylic acids is 1. The predicted molar refractivity (Wildman–Crippen MR) is 86.0 cm³/mol. The minimum atomic E-state index is -0.821. The smallest absolute Gasteiger partial charge is 0.317 e. The molecule has 5 heteroatoms. The summed E-state index contributed by atoms with van der Waals surface area (Å²) in [6.07, 6.45) is 0.385. The number of aliphatic imine (C=N–C) groups is 1. The highest BCUT2D eigenvalue weighted by Crippen LogP contribution is 2.37. The SMILES string of the molecule is O=C(O)[C@H]1CC(c2ccc(Cl)cc2)=Nc2ccccc2S1. The van der Waals surface area contributed by atoms with Gasteiger partial charge in [0.2, 0.25) is 0 Å². The lowest BCUT2D eigenvalue weighted by molar-refractivity contribution is -0.136. The first-order valence-corrected chi connectivity index (χ1v) is 7.71. The monoisotopic (exact) mass is 317 g/mol. The maximum atomic E-state index is 11.5. The number of thioether (sulfide) groups is 1. The number of para-hydroxylation sites is 1. The van der Waals surface area contributed by atoms with Crippen LogP contribution in [0.25, 0.3) is 0 Å². The van der Waals surface area contributed by atoms with Crippen molar-refractivity contribution >= 4 is 40.7 Å². The van der Waals surface area contributed by atoms with Crippen LogP contribution in [0.15, 0.2) is 58.4 Å². The van der Waals surface area contributed by atoms with Crippen molar-refractivity contribution in [3.8, 4) is 0 Å². The molecule has 0 saturated carbocycles. The van der Waals surface area contributed by atoms with Crippen LogP contribution in [-0.2, 0) is 4.79 Å². The van der Waals surface area contributed by atoms with E-state index < -0.39 is 11.2 Å². The zero-order valence-corrected chi connectivity index (χ0v) is 12.6. The van der Waals surface area contributed by atoms with Crippen molar-refractivity contribution in [1.82, 2.24) is 0 Å². The Kier molecular flexibility index (Phi) is 3.99. The van der Waals surface area contributed by atoms with E-state index >= 15 is 0 Å². The number of halogens is 1. The summed E-state index contributed by atoms with van der Waals surface area (Å²) in [6, 6.07) is 14.9. The van der Waals surface area contributed by atoms with Gasteiger partial charge in [-0.15, -0.1) is 11.8 Å². The summed E-state index contributed by atoms with van der Waals surface area (Å²) in [7, 11) is 0. The molecule has 1 N–H and O–H groups in total. The van der Waals surface area contributed by atoms with Gasteiger partial charge in [-0.25, -0.2) is 0 Å². The number of hydrogen-bond donors (Lipinski definition) is 1. The average molecular weight is 318 g/mol. The summed E-state index contributed by atoms with van der Waals surface area (Å²) in [4.78, 5) is 17.0. The Bertz CT molecular complexity index is 712. The minimum absolute atomic E-state index is 0.385. The first-order chi connectivity index (χ1) is 10.1. The van der Waals surface area contributed by atoms with Crippen LogP contribution in [-0.4, -0.2) is 22.0 Å². The molecule has 1 aliphatic heterocycles. The molecule has 1 atom stereocenters. The lowest BCUT2D eigenvalue weighted by Gasteiger charge is -2.10. The predicted octanol–water partition coefficient (Wildman–Crippen LogP) is 4.41. The zero-order valence-electron chi connectivity index (χ0n) is 11.0. The van der Waals surface area contributed by atoms with Crippen LogP contribution in [0.3, 0.4) is 0 Å². The summed E-state index contributed by atoms with van der Waals surface area (Å²) in [5, 5.41) is 9.51. The molecule has 0 fully saturated rings. The number of fused-ring (bicyclic) bond motifs is 1. The fourth-order valence-corrected chi connectivity index (χ4v) is 3.34. The Morgan fingerprint density at radius 3 is 2.62 bits per heavy atom. The van der Waals surface area contributed by atoms with E-state index in [1.165, 1.54) is 11.8 Å². The van der Waals surface area contributed by atoms with Gasteiger partial charge in [0.15, 0.2) is 0 Å². The molecule has 2 aromatic rings. The van der Waals surface area contributed by atoms with Crippen LogP contribution in [0.5, 0.6) is 0 Å². The molecule has 0 spiro atoms. The molecule has 0 amide bonds. The van der Waals surface area contributed by atoms with Gasteiger partial charge in [0.1, 0.15) is 5.25 Å². The molecule has 0 radical (unpaired) electrons. The van der Waals surface area contributed by atoms with E-state index in [-0.39, 0.29) is 0 Å². The molecule has 0 bridgehead atoms. The first-order valence-electron chi connectivity index (χ1n) is 6.45. The molecule has 0 unspecified atom stereocenters. The number of benzene rings is 2. The largest absolute Gasteiger partial charge is 0.480 e. The third kappa shape index (κ3) is 3.12. The third-order valence-corrected chi connectivity index (χ3v) is 4.73. The summed E-state index contributed by atoms with van der Waals surface area (Å²) < 4.78 is 0. The molecular formula is C16H12ClNO2S. The summed E-state index contributed by atoms with van der Waals surface area (Å²) in [5.41, 5.74) is 2.50. The van der Waals surface area contributed by atoms with Crippen LogP contribution >= 0.6 is 23.4 Å². The van der Waals surface area contributed by atoms with Crippen molar-refractivity contribution in [2.45, 2.75) is 16.6 Å². The molecule has 3 nitrogen and oxygen atoms in total. The average Bonchev–Trinajstić information content (AvgIpc) is 2.67. The van der Waals surface area contributed by atoms with Gasteiger partial charge in [-0.1, -0.05) is 35.9 Å². The van der Waals surface area contributed by atoms with Crippen molar-refractivity contribution in [1.29, 1.82) is 0 Å². The van der Waals surface area contributed by atoms with Crippen LogP contribution in [0.2, 0.25) is 5.02 Å². The van der Waals surface area contributed by atoms with E-state index in [0.29, 0.717) is 11.4 Å². The quantitative estimate of drug-likeness (QED) is 0.892. The highest BCUT2D eigenvalue weighted by Gasteiger charge is 2.26.